The van der Waals surface area contributed by atoms with Crippen molar-refractivity contribution in [3.05, 3.63) is 23.9 Å². The lowest BCUT2D eigenvalue weighted by Crippen LogP contribution is -2.39. The Labute approximate surface area is 157 Å². The molecular weight excluding hydrogens is 403 g/mol. The van der Waals surface area contributed by atoms with E-state index in [-0.39, 0.29) is 24.0 Å². The maximum Gasteiger partial charge on any atom is 0.218 e. The molecule has 0 aliphatic heterocycles. The minimum Gasteiger partial charge on any atom is -0.477 e. The van der Waals surface area contributed by atoms with Gasteiger partial charge in [0, 0.05) is 24.8 Å². The molecule has 1 rings (SSSR count). The van der Waals surface area contributed by atoms with Gasteiger partial charge in [-0.1, -0.05) is 33.3 Å². The predicted molar refractivity (Wildman–Crippen MR) is 108 cm³/mol. The van der Waals surface area contributed by atoms with Crippen molar-refractivity contribution in [3.63, 3.8) is 0 Å². The molecule has 0 saturated carbocycles. The highest BCUT2D eigenvalue weighted by Crippen LogP contribution is 2.15. The molecule has 0 spiro atoms. The first kappa shape index (κ1) is 21.9. The van der Waals surface area contributed by atoms with Crippen LogP contribution in [0.2, 0.25) is 0 Å². The molecule has 0 atom stereocenters. The lowest BCUT2D eigenvalue weighted by atomic mass is 10.2. The molecule has 5 nitrogen and oxygen atoms in total. The summed E-state index contributed by atoms with van der Waals surface area (Å²) in [5.74, 6) is 2.11. The molecule has 23 heavy (non-hydrogen) atoms. The van der Waals surface area contributed by atoms with Gasteiger partial charge in [0.25, 0.3) is 0 Å². The zero-order valence-electron chi connectivity index (χ0n) is 14.8. The van der Waals surface area contributed by atoms with Crippen LogP contribution in [0.5, 0.6) is 5.88 Å². The molecule has 0 aromatic carbocycles. The van der Waals surface area contributed by atoms with E-state index in [2.05, 4.69) is 48.3 Å². The fourth-order valence-corrected chi connectivity index (χ4v) is 1.79. The molecule has 0 unspecified atom stereocenters. The van der Waals surface area contributed by atoms with E-state index in [0.717, 1.165) is 37.5 Å². The molecular formula is C17H31IN4O. The quantitative estimate of drug-likeness (QED) is 0.270. The summed E-state index contributed by atoms with van der Waals surface area (Å²) < 4.78 is 5.75. The number of halogens is 1. The van der Waals surface area contributed by atoms with Crippen molar-refractivity contribution in [1.29, 1.82) is 0 Å². The highest BCUT2D eigenvalue weighted by molar-refractivity contribution is 14.0. The first-order valence-corrected chi connectivity index (χ1v) is 8.26. The lowest BCUT2D eigenvalue weighted by molar-refractivity contribution is 0.294. The molecule has 0 radical (unpaired) electrons. The molecule has 1 aromatic heterocycles. The van der Waals surface area contributed by atoms with Gasteiger partial charge in [0.05, 0.1) is 13.2 Å². The molecule has 2 N–H and O–H groups in total. The Hall–Kier alpha value is -1.05. The van der Waals surface area contributed by atoms with Gasteiger partial charge < -0.3 is 15.4 Å². The Balaban J connectivity index is 0.00000484. The van der Waals surface area contributed by atoms with Crippen molar-refractivity contribution >= 4 is 29.9 Å². The smallest absolute Gasteiger partial charge is 0.218 e. The second kappa shape index (κ2) is 13.4. The van der Waals surface area contributed by atoms with Gasteiger partial charge in [0.2, 0.25) is 5.88 Å². The summed E-state index contributed by atoms with van der Waals surface area (Å²) in [5.41, 5.74) is 1.01. The molecule has 0 bridgehead atoms. The number of hydrogen-bond acceptors (Lipinski definition) is 3. The summed E-state index contributed by atoms with van der Waals surface area (Å²) in [6.45, 7) is 11.6. The third-order valence-corrected chi connectivity index (χ3v) is 3.02. The molecule has 132 valence electrons. The molecule has 0 saturated heterocycles. The number of unbranched alkanes of at least 4 members (excludes halogenated alkanes) is 1. The third kappa shape index (κ3) is 9.63. The van der Waals surface area contributed by atoms with Crippen LogP contribution >= 0.6 is 24.0 Å². The molecule has 0 aliphatic rings. The largest absolute Gasteiger partial charge is 0.477 e. The Morgan fingerprint density at radius 2 is 2.09 bits per heavy atom. The van der Waals surface area contributed by atoms with Crippen molar-refractivity contribution < 1.29 is 4.74 Å². The van der Waals surface area contributed by atoms with E-state index in [0.29, 0.717) is 24.9 Å². The van der Waals surface area contributed by atoms with Crippen molar-refractivity contribution in [2.75, 3.05) is 19.7 Å². The van der Waals surface area contributed by atoms with Gasteiger partial charge in [-0.25, -0.2) is 9.98 Å². The average molecular weight is 434 g/mol. The van der Waals surface area contributed by atoms with Crippen molar-refractivity contribution in [1.82, 2.24) is 15.6 Å². The van der Waals surface area contributed by atoms with Crippen LogP contribution in [0.3, 0.4) is 0 Å². The van der Waals surface area contributed by atoms with Crippen LogP contribution < -0.4 is 15.4 Å². The van der Waals surface area contributed by atoms with E-state index in [1.807, 2.05) is 12.1 Å². The second-order valence-electron chi connectivity index (χ2n) is 5.64. The van der Waals surface area contributed by atoms with E-state index < -0.39 is 0 Å². The zero-order chi connectivity index (χ0) is 16.2. The number of hydrogen-bond donors (Lipinski definition) is 2. The van der Waals surface area contributed by atoms with Crippen molar-refractivity contribution in [2.45, 2.75) is 47.1 Å². The van der Waals surface area contributed by atoms with Gasteiger partial charge in [-0.15, -0.1) is 24.0 Å². The highest BCUT2D eigenvalue weighted by Gasteiger charge is 2.05. The van der Waals surface area contributed by atoms with Crippen LogP contribution in [0.15, 0.2) is 23.3 Å². The summed E-state index contributed by atoms with van der Waals surface area (Å²) in [4.78, 5) is 8.94. The maximum absolute atomic E-state index is 5.75. The van der Waals surface area contributed by atoms with Crippen LogP contribution in [-0.4, -0.2) is 30.6 Å². The fraction of sp³-hybridized carbons (Fsp3) is 0.647. The van der Waals surface area contributed by atoms with Crippen molar-refractivity contribution in [3.8, 4) is 5.88 Å². The van der Waals surface area contributed by atoms with Crippen LogP contribution in [0.25, 0.3) is 0 Å². The zero-order valence-corrected chi connectivity index (χ0v) is 17.1. The van der Waals surface area contributed by atoms with Gasteiger partial charge >= 0.3 is 0 Å². The first-order valence-electron chi connectivity index (χ1n) is 8.26. The minimum absolute atomic E-state index is 0. The number of guanidine groups is 1. The third-order valence-electron chi connectivity index (χ3n) is 3.02. The van der Waals surface area contributed by atoms with Crippen LogP contribution in [-0.2, 0) is 6.54 Å². The molecule has 0 aliphatic carbocycles. The molecule has 6 heteroatoms. The van der Waals surface area contributed by atoms with Gasteiger partial charge in [-0.2, -0.15) is 0 Å². The van der Waals surface area contributed by atoms with E-state index in [1.165, 1.54) is 0 Å². The number of aliphatic imine (C=N–C) groups is 1. The predicted octanol–water partition coefficient (Wildman–Crippen LogP) is 3.59. The normalized spacial score (nSPS) is 11.1. The Morgan fingerprint density at radius 1 is 1.30 bits per heavy atom. The molecule has 1 heterocycles. The Kier molecular flexibility index (Phi) is 12.8. The number of ether oxygens (including phenoxy) is 1. The summed E-state index contributed by atoms with van der Waals surface area (Å²) in [7, 11) is 0. The SMILES string of the molecule is CCCCOc1ncccc1CN=C(NCC)NCC(C)C.I. The number of pyridine rings is 1. The average Bonchev–Trinajstić information content (AvgIpc) is 2.51. The van der Waals surface area contributed by atoms with Crippen LogP contribution in [0, 0.1) is 5.92 Å². The summed E-state index contributed by atoms with van der Waals surface area (Å²) in [6, 6.07) is 3.94. The molecule has 1 aromatic rings. The van der Waals surface area contributed by atoms with Gasteiger partial charge in [-0.05, 0) is 25.3 Å². The number of nitrogens with one attached hydrogen (secondary N) is 2. The lowest BCUT2D eigenvalue weighted by Gasteiger charge is -2.13. The van der Waals surface area contributed by atoms with E-state index in [4.69, 9.17) is 4.74 Å². The number of nitrogens with zero attached hydrogens (tertiary/aromatic N) is 2. The van der Waals surface area contributed by atoms with Crippen molar-refractivity contribution in [2.24, 2.45) is 10.9 Å². The summed E-state index contributed by atoms with van der Waals surface area (Å²) in [6.07, 6.45) is 3.92. The molecule has 0 fully saturated rings. The second-order valence-corrected chi connectivity index (χ2v) is 5.64. The number of aromatic nitrogens is 1. The minimum atomic E-state index is 0. The first-order chi connectivity index (χ1) is 10.7. The van der Waals surface area contributed by atoms with Crippen LogP contribution in [0.1, 0.15) is 46.1 Å². The standard InChI is InChI=1S/C17H30N4O.HI/c1-5-7-11-22-16-15(9-8-10-19-16)13-21-17(18-6-2)20-12-14(3)4;/h8-10,14H,5-7,11-13H2,1-4H3,(H2,18,20,21);1H. The van der Waals surface area contributed by atoms with Gasteiger partial charge in [0.15, 0.2) is 5.96 Å². The van der Waals surface area contributed by atoms with Gasteiger partial charge in [0.1, 0.15) is 0 Å². The number of rotatable bonds is 9. The van der Waals surface area contributed by atoms with E-state index >= 15 is 0 Å². The Morgan fingerprint density at radius 3 is 2.74 bits per heavy atom. The Bertz CT molecular complexity index is 452. The van der Waals surface area contributed by atoms with E-state index in [9.17, 15) is 0 Å². The molecule has 0 amide bonds. The fourth-order valence-electron chi connectivity index (χ4n) is 1.79. The van der Waals surface area contributed by atoms with Crippen LogP contribution in [0.4, 0.5) is 0 Å². The van der Waals surface area contributed by atoms with E-state index in [1.54, 1.807) is 6.20 Å². The summed E-state index contributed by atoms with van der Waals surface area (Å²) >= 11 is 0. The highest BCUT2D eigenvalue weighted by atomic mass is 127. The summed E-state index contributed by atoms with van der Waals surface area (Å²) in [5, 5.41) is 6.60. The topological polar surface area (TPSA) is 58.5 Å². The monoisotopic (exact) mass is 434 g/mol. The van der Waals surface area contributed by atoms with Gasteiger partial charge in [-0.3, -0.25) is 0 Å². The maximum atomic E-state index is 5.75.